The quantitative estimate of drug-likeness (QED) is 0.0398. The lowest BCUT2D eigenvalue weighted by atomic mass is 9.95. The monoisotopic (exact) mass is 1110 g/mol. The summed E-state index contributed by atoms with van der Waals surface area (Å²) in [6.07, 6.45) is -20.9. The van der Waals surface area contributed by atoms with E-state index >= 15 is 0 Å². The zero-order valence-corrected chi connectivity index (χ0v) is 41.8. The molecular formula is C53H59O26+. The number of rotatable bonds is 18. The number of aromatic hydroxyl groups is 3. The zero-order chi connectivity index (χ0) is 56.8. The number of hydrogen-bond donors (Lipinski definition) is 13. The first-order chi connectivity index (χ1) is 37.8. The molecule has 79 heavy (non-hydrogen) atoms. The van der Waals surface area contributed by atoms with Gasteiger partial charge in [0.2, 0.25) is 24.4 Å². The average Bonchev–Trinajstić information content (AvgIpc) is 3.49. The first kappa shape index (κ1) is 57.9. The van der Waals surface area contributed by atoms with Crippen molar-refractivity contribution >= 4 is 29.8 Å². The van der Waals surface area contributed by atoms with E-state index in [2.05, 4.69) is 0 Å². The fourth-order valence-electron chi connectivity index (χ4n) is 8.82. The molecule has 16 atom stereocenters. The molecule has 26 nitrogen and oxygen atoms in total. The summed E-state index contributed by atoms with van der Waals surface area (Å²) in [4.78, 5) is 26.5. The van der Waals surface area contributed by atoms with Crippen LogP contribution in [0.15, 0.2) is 114 Å². The van der Waals surface area contributed by atoms with Crippen LogP contribution in [0.5, 0.6) is 28.7 Å². The minimum Gasteiger partial charge on any atom is -0.571 e. The van der Waals surface area contributed by atoms with Crippen LogP contribution in [0.4, 0.5) is 0 Å². The standard InChI is InChI=1S/C53H58O26/c1-69-33-15-23(3-11-29(33)58)5-13-39(60)71-22-38-43(64)46(67)50(79-53-49(45(66)42(63)37(21-55)76-53)78-40(61)14-6-24-4-12-30(59)34(16-24)70-2)52(77-38)74-35-19-28-31(72-48(35)25-7-9-26(56)10-8-25)17-27(57)18-32(28)73-51-47(68)44(65)41(62)36(20-54)75-51/h3-19,31,36-38,41-47,49-59,62-68H,20-22H2,1-2H3/p+1/b13-5+,14-6+/t31?,36-,37-,38-,41-,42-,43-,44+,45+,46+,47-,49-,50-,51-,52-,53+/m1/s1. The number of phenolic OH excluding ortho intramolecular Hbond substituents is 3. The van der Waals surface area contributed by atoms with E-state index in [9.17, 15) is 76.0 Å². The average molecular weight is 1110 g/mol. The summed E-state index contributed by atoms with van der Waals surface area (Å²) in [6.45, 7) is -2.50. The second-order valence-electron chi connectivity index (χ2n) is 18.4. The van der Waals surface area contributed by atoms with E-state index in [-0.39, 0.29) is 57.2 Å². The van der Waals surface area contributed by atoms with Gasteiger partial charge in [-0.05, 0) is 71.8 Å². The van der Waals surface area contributed by atoms with E-state index in [1.807, 2.05) is 0 Å². The second kappa shape index (κ2) is 25.2. The summed E-state index contributed by atoms with van der Waals surface area (Å²) in [5.74, 6) is -3.38. The molecule has 5 aliphatic rings. The Bertz CT molecular complexity index is 2840. The predicted octanol–water partition coefficient (Wildman–Crippen LogP) is -1.35. The van der Waals surface area contributed by atoms with Crippen molar-refractivity contribution in [2.45, 2.75) is 98.2 Å². The zero-order valence-electron chi connectivity index (χ0n) is 41.8. The van der Waals surface area contributed by atoms with Crippen molar-refractivity contribution < 1.29 is 128 Å². The molecule has 8 rings (SSSR count). The minimum absolute atomic E-state index is 0.0357. The van der Waals surface area contributed by atoms with Crippen molar-refractivity contribution in [1.82, 2.24) is 0 Å². The number of ether oxygens (including phenoxy) is 11. The fraction of sp³-hybridized carbons (Fsp3) is 0.396. The predicted molar refractivity (Wildman–Crippen MR) is 265 cm³/mol. The Kier molecular flexibility index (Phi) is 18.5. The van der Waals surface area contributed by atoms with Gasteiger partial charge in [-0.15, -0.1) is 0 Å². The molecule has 426 valence electrons. The van der Waals surface area contributed by atoms with Crippen LogP contribution in [-0.2, 0) is 47.5 Å². The Morgan fingerprint density at radius 1 is 0.608 bits per heavy atom. The van der Waals surface area contributed by atoms with E-state index in [1.165, 1.54) is 99.2 Å². The van der Waals surface area contributed by atoms with Gasteiger partial charge in [-0.1, -0.05) is 12.1 Å². The first-order valence-electron chi connectivity index (χ1n) is 24.3. The number of carbonyl (C=O) groups excluding carboxylic acids is 2. The van der Waals surface area contributed by atoms with Crippen LogP contribution in [0, 0.1) is 0 Å². The van der Waals surface area contributed by atoms with Gasteiger partial charge in [-0.2, -0.15) is 0 Å². The Labute approximate surface area is 448 Å². The Morgan fingerprint density at radius 3 is 1.77 bits per heavy atom. The van der Waals surface area contributed by atoms with E-state index < -0.39 is 136 Å². The Morgan fingerprint density at radius 2 is 1.16 bits per heavy atom. The number of carbonyl (C=O) groups is 2. The highest BCUT2D eigenvalue weighted by molar-refractivity contribution is 5.88. The number of phenols is 3. The van der Waals surface area contributed by atoms with Crippen LogP contribution in [0.2, 0.25) is 0 Å². The molecule has 0 bridgehead atoms. The van der Waals surface area contributed by atoms with Crippen LogP contribution in [0.25, 0.3) is 17.9 Å². The summed E-state index contributed by atoms with van der Waals surface area (Å²) >= 11 is 0. The number of esters is 2. The van der Waals surface area contributed by atoms with Gasteiger partial charge in [0, 0.05) is 24.3 Å². The molecule has 1 unspecified atom stereocenters. The Balaban J connectivity index is 1.14. The number of benzene rings is 3. The van der Waals surface area contributed by atoms with Gasteiger partial charge in [-0.25, -0.2) is 9.59 Å². The van der Waals surface area contributed by atoms with Crippen molar-refractivity contribution in [2.75, 3.05) is 34.0 Å². The third-order valence-corrected chi connectivity index (χ3v) is 13.1. The molecule has 0 radical (unpaired) electrons. The molecule has 0 aromatic heterocycles. The smallest absolute Gasteiger partial charge is 0.331 e. The van der Waals surface area contributed by atoms with Crippen LogP contribution in [0.1, 0.15) is 16.7 Å². The molecular weight excluding hydrogens is 1050 g/mol. The van der Waals surface area contributed by atoms with Crippen molar-refractivity contribution in [3.8, 4) is 28.7 Å². The number of fused-ring (bicyclic) bond motifs is 1. The van der Waals surface area contributed by atoms with Gasteiger partial charge in [0.15, 0.2) is 41.5 Å². The van der Waals surface area contributed by atoms with Crippen molar-refractivity contribution in [1.29, 1.82) is 0 Å². The highest BCUT2D eigenvalue weighted by atomic mass is 16.8. The summed E-state index contributed by atoms with van der Waals surface area (Å²) in [5, 5.41) is 139. The molecule has 14 N–H and O–H groups in total. The molecule has 3 aromatic carbocycles. The highest BCUT2D eigenvalue weighted by Crippen LogP contribution is 2.40. The maximum atomic E-state index is 13.4. The second-order valence-corrected chi connectivity index (χ2v) is 18.4. The molecule has 1 aliphatic carbocycles. The number of allylic oxidation sites excluding steroid dienone is 2. The topological polar surface area (TPSA) is 402 Å². The maximum absolute atomic E-state index is 13.4. The lowest BCUT2D eigenvalue weighted by Gasteiger charge is -2.46. The number of hydrogen-bond acceptors (Lipinski definition) is 25. The summed E-state index contributed by atoms with van der Waals surface area (Å²) in [7, 11) is 2.64. The van der Waals surface area contributed by atoms with Crippen molar-refractivity contribution in [3.63, 3.8) is 0 Å². The normalized spacial score (nSPS) is 31.8. The lowest BCUT2D eigenvalue weighted by Crippen LogP contribution is -2.65. The SMILES string of the molecule is COc1cc(/C=C/C(=O)OC[C@H]2O[C@@H](OC3=C(c4ccc(O)cc4)[OH+]C4C=C(O)C=C(O[C@@H]5O[C@H](CO)[C@@H](O)[C@H](O)[C@H]5O)C4=C3)[C@H](O[C@@H]3O[C@H](CO)[C@@H](O)[C@H](O)[C@H]3OC(=O)/C=C/c3ccc(O)c(OC)c3)[C@@H](O)[C@@H]2O)ccc1O. The van der Waals surface area contributed by atoms with Gasteiger partial charge in [-0.3, -0.25) is 0 Å². The van der Waals surface area contributed by atoms with Gasteiger partial charge in [0.1, 0.15) is 84.9 Å². The molecule has 26 heteroatoms. The van der Waals surface area contributed by atoms with Gasteiger partial charge in [0.05, 0.1) is 44.6 Å². The molecule has 4 aliphatic heterocycles. The van der Waals surface area contributed by atoms with Gasteiger partial charge >= 0.3 is 17.7 Å². The summed E-state index contributed by atoms with van der Waals surface area (Å²) < 4.78 is 62.4. The third kappa shape index (κ3) is 13.1. The maximum Gasteiger partial charge on any atom is 0.331 e. The van der Waals surface area contributed by atoms with Gasteiger partial charge < -0.3 is 118 Å². The van der Waals surface area contributed by atoms with Crippen molar-refractivity contribution in [3.05, 3.63) is 131 Å². The highest BCUT2D eigenvalue weighted by Gasteiger charge is 2.54. The molecule has 3 saturated heterocycles. The van der Waals surface area contributed by atoms with Gasteiger partial charge in [0.25, 0.3) is 0 Å². The molecule has 4 heterocycles. The van der Waals surface area contributed by atoms with Crippen molar-refractivity contribution in [2.24, 2.45) is 0 Å². The first-order valence-corrected chi connectivity index (χ1v) is 24.3. The summed E-state index contributed by atoms with van der Waals surface area (Å²) in [6, 6.07) is 13.9. The van der Waals surface area contributed by atoms with E-state index in [4.69, 9.17) is 52.1 Å². The molecule has 0 amide bonds. The largest absolute Gasteiger partial charge is 0.571 e. The Hall–Kier alpha value is -7.28. The molecule has 0 saturated carbocycles. The van der Waals surface area contributed by atoms with E-state index in [0.29, 0.717) is 11.1 Å². The number of aliphatic hydroxyl groups excluding tert-OH is 10. The van der Waals surface area contributed by atoms with E-state index in [0.717, 1.165) is 18.2 Å². The van der Waals surface area contributed by atoms with Crippen LogP contribution in [0.3, 0.4) is 0 Å². The lowest BCUT2D eigenvalue weighted by molar-refractivity contribution is -0.363. The van der Waals surface area contributed by atoms with E-state index in [1.54, 1.807) is 0 Å². The third-order valence-electron chi connectivity index (χ3n) is 13.1. The minimum atomic E-state index is -2.14. The molecule has 3 aromatic rings. The van der Waals surface area contributed by atoms with Crippen LogP contribution >= 0.6 is 0 Å². The van der Waals surface area contributed by atoms with Crippen LogP contribution in [-0.4, -0.2) is 215 Å². The molecule has 3 fully saturated rings. The fourth-order valence-corrected chi connectivity index (χ4v) is 8.82. The molecule has 0 spiro atoms. The number of methoxy groups -OCH3 is 2. The van der Waals surface area contributed by atoms with Crippen LogP contribution < -0.4 is 9.47 Å². The number of aliphatic hydroxyl groups is 12. The summed E-state index contributed by atoms with van der Waals surface area (Å²) in [5.41, 5.74) is 1.09.